The van der Waals surface area contributed by atoms with Crippen LogP contribution in [0.25, 0.3) is 11.6 Å². The van der Waals surface area contributed by atoms with Crippen molar-refractivity contribution in [3.63, 3.8) is 0 Å². The SMILES string of the molecule is BrCc1ccn(-c2cccc(-n3ccc(CBr)n3)n2)n1. The summed E-state index contributed by atoms with van der Waals surface area (Å²) in [5, 5.41) is 10.3. The first-order valence-corrected chi connectivity index (χ1v) is 8.23. The molecule has 0 unspecified atom stereocenters. The molecule has 0 fully saturated rings. The lowest BCUT2D eigenvalue weighted by atomic mass is 10.4. The lowest BCUT2D eigenvalue weighted by Gasteiger charge is -2.04. The van der Waals surface area contributed by atoms with Crippen LogP contribution in [0.15, 0.2) is 42.7 Å². The van der Waals surface area contributed by atoms with Crippen LogP contribution in [-0.2, 0) is 10.7 Å². The predicted molar refractivity (Wildman–Crippen MR) is 83.7 cm³/mol. The number of pyridine rings is 1. The number of halogens is 2. The van der Waals surface area contributed by atoms with Crippen molar-refractivity contribution in [2.45, 2.75) is 10.7 Å². The molecular formula is C13H11Br2N5. The summed E-state index contributed by atoms with van der Waals surface area (Å²) in [7, 11) is 0. The average molecular weight is 397 g/mol. The third-order valence-corrected chi connectivity index (χ3v) is 3.90. The third kappa shape index (κ3) is 2.69. The molecule has 0 amide bonds. The highest BCUT2D eigenvalue weighted by Gasteiger charge is 2.05. The zero-order chi connectivity index (χ0) is 13.9. The molecule has 3 aromatic heterocycles. The van der Waals surface area contributed by atoms with E-state index in [-0.39, 0.29) is 0 Å². The van der Waals surface area contributed by atoms with Gasteiger partial charge in [0.25, 0.3) is 0 Å². The van der Waals surface area contributed by atoms with Gasteiger partial charge in [0.1, 0.15) is 0 Å². The van der Waals surface area contributed by atoms with Gasteiger partial charge in [-0.25, -0.2) is 14.3 Å². The second kappa shape index (κ2) is 5.88. The third-order valence-electron chi connectivity index (χ3n) is 2.75. The lowest BCUT2D eigenvalue weighted by molar-refractivity contribution is 0.790. The Hall–Kier alpha value is -1.47. The van der Waals surface area contributed by atoms with Crippen LogP contribution in [0.1, 0.15) is 11.4 Å². The van der Waals surface area contributed by atoms with Crippen LogP contribution >= 0.6 is 31.9 Å². The van der Waals surface area contributed by atoms with Crippen LogP contribution in [0.4, 0.5) is 0 Å². The Morgan fingerprint density at radius 3 is 1.70 bits per heavy atom. The molecule has 102 valence electrons. The van der Waals surface area contributed by atoms with Gasteiger partial charge in [-0.3, -0.25) is 0 Å². The maximum absolute atomic E-state index is 4.58. The van der Waals surface area contributed by atoms with Crippen molar-refractivity contribution in [1.82, 2.24) is 24.5 Å². The van der Waals surface area contributed by atoms with Crippen molar-refractivity contribution in [2.24, 2.45) is 0 Å². The fraction of sp³-hybridized carbons (Fsp3) is 0.154. The quantitative estimate of drug-likeness (QED) is 0.636. The van der Waals surface area contributed by atoms with E-state index in [1.165, 1.54) is 0 Å². The number of rotatable bonds is 4. The molecule has 0 aliphatic rings. The van der Waals surface area contributed by atoms with Crippen LogP contribution in [0.5, 0.6) is 0 Å². The van der Waals surface area contributed by atoms with Crippen molar-refractivity contribution in [2.75, 3.05) is 0 Å². The molecule has 0 aliphatic heterocycles. The minimum atomic E-state index is 0.730. The van der Waals surface area contributed by atoms with E-state index < -0.39 is 0 Å². The molecule has 0 saturated heterocycles. The lowest BCUT2D eigenvalue weighted by Crippen LogP contribution is -2.04. The Morgan fingerprint density at radius 2 is 1.30 bits per heavy atom. The van der Waals surface area contributed by atoms with Crippen LogP contribution < -0.4 is 0 Å². The smallest absolute Gasteiger partial charge is 0.155 e. The number of alkyl halides is 2. The molecule has 0 spiro atoms. The second-order valence-electron chi connectivity index (χ2n) is 4.12. The van der Waals surface area contributed by atoms with E-state index in [0.29, 0.717) is 0 Å². The van der Waals surface area contributed by atoms with Crippen LogP contribution in [-0.4, -0.2) is 24.5 Å². The van der Waals surface area contributed by atoms with Crippen LogP contribution in [0.2, 0.25) is 0 Å². The minimum absolute atomic E-state index is 0.730. The standard InChI is InChI=1S/C13H11Br2N5/c14-8-10-4-6-19(17-10)12-2-1-3-13(16-12)20-7-5-11(9-15)18-20/h1-7H,8-9H2. The van der Waals surface area contributed by atoms with Crippen molar-refractivity contribution in [3.8, 4) is 11.6 Å². The molecule has 0 aromatic carbocycles. The van der Waals surface area contributed by atoms with E-state index in [9.17, 15) is 0 Å². The Kier molecular flexibility index (Phi) is 3.98. The highest BCUT2D eigenvalue weighted by molar-refractivity contribution is 9.08. The van der Waals surface area contributed by atoms with E-state index in [4.69, 9.17) is 0 Å². The van der Waals surface area contributed by atoms with E-state index in [1.54, 1.807) is 9.36 Å². The molecule has 3 heterocycles. The molecule has 5 nitrogen and oxygen atoms in total. The molecule has 20 heavy (non-hydrogen) atoms. The topological polar surface area (TPSA) is 48.5 Å². The van der Waals surface area contributed by atoms with E-state index in [2.05, 4.69) is 47.0 Å². The van der Waals surface area contributed by atoms with E-state index in [1.807, 2.05) is 42.7 Å². The first kappa shape index (κ1) is 13.5. The summed E-state index contributed by atoms with van der Waals surface area (Å²) in [5.41, 5.74) is 1.94. The predicted octanol–water partition coefficient (Wildman–Crippen LogP) is 3.24. The fourth-order valence-corrected chi connectivity index (χ4v) is 2.39. The van der Waals surface area contributed by atoms with Crippen molar-refractivity contribution in [1.29, 1.82) is 0 Å². The molecule has 0 saturated carbocycles. The maximum atomic E-state index is 4.58. The summed E-state index contributed by atoms with van der Waals surface area (Å²) in [5.74, 6) is 1.54. The van der Waals surface area contributed by atoms with Gasteiger partial charge < -0.3 is 0 Å². The van der Waals surface area contributed by atoms with Gasteiger partial charge in [-0.05, 0) is 24.3 Å². The average Bonchev–Trinajstić information content (AvgIpc) is 3.16. The van der Waals surface area contributed by atoms with Gasteiger partial charge in [0.05, 0.1) is 11.4 Å². The Morgan fingerprint density at radius 1 is 0.800 bits per heavy atom. The first-order valence-electron chi connectivity index (χ1n) is 5.99. The largest absolute Gasteiger partial charge is 0.222 e. The van der Waals surface area contributed by atoms with Gasteiger partial charge >= 0.3 is 0 Å². The number of hydrogen-bond acceptors (Lipinski definition) is 3. The van der Waals surface area contributed by atoms with E-state index >= 15 is 0 Å². The van der Waals surface area contributed by atoms with Crippen molar-refractivity contribution >= 4 is 31.9 Å². The molecule has 3 aromatic rings. The van der Waals surface area contributed by atoms with Crippen LogP contribution in [0.3, 0.4) is 0 Å². The van der Waals surface area contributed by atoms with Crippen molar-refractivity contribution < 1.29 is 0 Å². The zero-order valence-corrected chi connectivity index (χ0v) is 13.6. The van der Waals surface area contributed by atoms with Gasteiger partial charge in [0, 0.05) is 23.1 Å². The number of hydrogen-bond donors (Lipinski definition) is 0. The van der Waals surface area contributed by atoms with Gasteiger partial charge in [-0.1, -0.05) is 37.9 Å². The maximum Gasteiger partial charge on any atom is 0.155 e. The highest BCUT2D eigenvalue weighted by Crippen LogP contribution is 2.11. The van der Waals surface area contributed by atoms with Gasteiger partial charge in [0.15, 0.2) is 11.6 Å². The Labute approximate surface area is 132 Å². The monoisotopic (exact) mass is 395 g/mol. The summed E-state index contributed by atoms with van der Waals surface area (Å²) in [6, 6.07) is 9.70. The second-order valence-corrected chi connectivity index (χ2v) is 5.25. The Bertz CT molecular complexity index is 661. The van der Waals surface area contributed by atoms with Gasteiger partial charge in [0.2, 0.25) is 0 Å². The zero-order valence-electron chi connectivity index (χ0n) is 10.4. The van der Waals surface area contributed by atoms with Crippen LogP contribution in [0, 0.1) is 0 Å². The molecule has 0 atom stereocenters. The highest BCUT2D eigenvalue weighted by atomic mass is 79.9. The Balaban J connectivity index is 1.96. The summed E-state index contributed by atoms with van der Waals surface area (Å²) >= 11 is 6.78. The fourth-order valence-electron chi connectivity index (χ4n) is 1.79. The first-order chi connectivity index (χ1) is 9.80. The molecule has 3 rings (SSSR count). The summed E-state index contributed by atoms with van der Waals surface area (Å²) in [6.07, 6.45) is 3.80. The molecule has 0 bridgehead atoms. The van der Waals surface area contributed by atoms with Crippen molar-refractivity contribution in [3.05, 3.63) is 54.1 Å². The summed E-state index contributed by atoms with van der Waals surface area (Å²) in [4.78, 5) is 4.58. The normalized spacial score (nSPS) is 10.9. The number of aromatic nitrogens is 5. The molecule has 0 aliphatic carbocycles. The molecule has 7 heteroatoms. The molecule has 0 N–H and O–H groups in total. The molecular weight excluding hydrogens is 386 g/mol. The van der Waals surface area contributed by atoms with E-state index in [0.717, 1.165) is 33.7 Å². The van der Waals surface area contributed by atoms with Gasteiger partial charge in [-0.2, -0.15) is 10.2 Å². The molecule has 0 radical (unpaired) electrons. The number of nitrogens with zero attached hydrogens (tertiary/aromatic N) is 5. The van der Waals surface area contributed by atoms with Gasteiger partial charge in [-0.15, -0.1) is 0 Å². The minimum Gasteiger partial charge on any atom is -0.222 e. The summed E-state index contributed by atoms with van der Waals surface area (Å²) < 4.78 is 3.52. The summed E-state index contributed by atoms with van der Waals surface area (Å²) in [6.45, 7) is 0.